The van der Waals surface area contributed by atoms with E-state index >= 15 is 0 Å². The number of rotatable bonds is 4. The van der Waals surface area contributed by atoms with Crippen molar-refractivity contribution in [3.05, 3.63) is 50.5 Å². The summed E-state index contributed by atoms with van der Waals surface area (Å²) in [5.74, 6) is 5.74. The third-order valence-electron chi connectivity index (χ3n) is 2.67. The summed E-state index contributed by atoms with van der Waals surface area (Å²) >= 11 is 3.36. The lowest BCUT2D eigenvalue weighted by atomic mass is 10.2. The summed E-state index contributed by atoms with van der Waals surface area (Å²) in [5.41, 5.74) is 3.91. The zero-order valence-electron chi connectivity index (χ0n) is 10.6. The first-order chi connectivity index (χ1) is 9.51. The van der Waals surface area contributed by atoms with Crippen molar-refractivity contribution in [1.82, 2.24) is 4.98 Å². The Morgan fingerprint density at radius 1 is 1.35 bits per heavy atom. The monoisotopic (exact) mass is 337 g/mol. The molecule has 4 N–H and O–H groups in total. The van der Waals surface area contributed by atoms with Crippen LogP contribution in [-0.4, -0.2) is 9.91 Å². The number of nitrogens with two attached hydrogens (primary N) is 1. The van der Waals surface area contributed by atoms with Crippen LogP contribution < -0.4 is 16.6 Å². The largest absolute Gasteiger partial charge is 0.334 e. The Kier molecular flexibility index (Phi) is 4.16. The average Bonchev–Trinajstić information content (AvgIpc) is 2.42. The fraction of sp³-hybridized carbons (Fsp3) is 0.0833. The Hall–Kier alpha value is -2.19. The van der Waals surface area contributed by atoms with Crippen molar-refractivity contribution in [3.8, 4) is 0 Å². The maximum absolute atomic E-state index is 11.0. The number of hydrogen-bond acceptors (Lipinski definition) is 6. The second-order valence-electron chi connectivity index (χ2n) is 4.05. The number of halogens is 1. The SMILES string of the molecule is Cc1ccc(Br)cc1Nc1nc(NN)ccc1[N+](=O)[O-]. The van der Waals surface area contributed by atoms with Crippen LogP contribution in [0.25, 0.3) is 0 Å². The molecule has 0 aliphatic rings. The molecule has 20 heavy (non-hydrogen) atoms. The Labute approximate surface area is 123 Å². The second kappa shape index (κ2) is 5.85. The number of aryl methyl sites for hydroxylation is 1. The van der Waals surface area contributed by atoms with E-state index in [9.17, 15) is 10.1 Å². The van der Waals surface area contributed by atoms with Crippen LogP contribution in [0.5, 0.6) is 0 Å². The highest BCUT2D eigenvalue weighted by molar-refractivity contribution is 9.10. The van der Waals surface area contributed by atoms with Crippen LogP contribution in [0.2, 0.25) is 0 Å². The molecule has 104 valence electrons. The molecule has 0 aliphatic carbocycles. The summed E-state index contributed by atoms with van der Waals surface area (Å²) in [6, 6.07) is 8.39. The van der Waals surface area contributed by atoms with Gasteiger partial charge >= 0.3 is 5.69 Å². The van der Waals surface area contributed by atoms with Crippen LogP contribution in [0.15, 0.2) is 34.8 Å². The number of nitro groups is 1. The number of nitrogens with zero attached hydrogens (tertiary/aromatic N) is 2. The zero-order valence-corrected chi connectivity index (χ0v) is 12.1. The molecule has 0 saturated heterocycles. The van der Waals surface area contributed by atoms with Gasteiger partial charge in [-0.1, -0.05) is 22.0 Å². The molecule has 1 heterocycles. The first-order valence-corrected chi connectivity index (χ1v) is 6.46. The van der Waals surface area contributed by atoms with E-state index in [4.69, 9.17) is 5.84 Å². The first kappa shape index (κ1) is 14.2. The standard InChI is InChI=1S/C12H12BrN5O2/c1-7-2-3-8(13)6-9(7)15-12-10(18(19)20)4-5-11(16-12)17-14/h2-6H,14H2,1H3,(H2,15,16,17). The highest BCUT2D eigenvalue weighted by atomic mass is 79.9. The lowest BCUT2D eigenvalue weighted by molar-refractivity contribution is -0.384. The van der Waals surface area contributed by atoms with Gasteiger partial charge in [0.25, 0.3) is 0 Å². The summed E-state index contributed by atoms with van der Waals surface area (Å²) in [6.45, 7) is 1.89. The zero-order chi connectivity index (χ0) is 14.7. The predicted octanol–water partition coefficient (Wildman–Crippen LogP) is 3.09. The van der Waals surface area contributed by atoms with Crippen LogP contribution in [0, 0.1) is 17.0 Å². The molecule has 0 radical (unpaired) electrons. The van der Waals surface area contributed by atoms with E-state index in [0.29, 0.717) is 5.82 Å². The van der Waals surface area contributed by atoms with Crippen molar-refractivity contribution < 1.29 is 4.92 Å². The molecule has 0 saturated carbocycles. The lowest BCUT2D eigenvalue weighted by Gasteiger charge is -2.10. The summed E-state index contributed by atoms with van der Waals surface area (Å²) < 4.78 is 0.862. The second-order valence-corrected chi connectivity index (χ2v) is 4.97. The summed E-state index contributed by atoms with van der Waals surface area (Å²) in [6.07, 6.45) is 0. The van der Waals surface area contributed by atoms with Gasteiger partial charge in [-0.25, -0.2) is 10.8 Å². The van der Waals surface area contributed by atoms with Gasteiger partial charge < -0.3 is 10.7 Å². The summed E-state index contributed by atoms with van der Waals surface area (Å²) in [5, 5.41) is 14.0. The number of anilines is 3. The molecule has 0 amide bonds. The molecule has 1 aromatic carbocycles. The molecule has 8 heteroatoms. The topological polar surface area (TPSA) is 106 Å². The maximum atomic E-state index is 11.0. The highest BCUT2D eigenvalue weighted by Gasteiger charge is 2.16. The van der Waals surface area contributed by atoms with Gasteiger partial charge in [0, 0.05) is 16.2 Å². The van der Waals surface area contributed by atoms with E-state index in [1.807, 2.05) is 25.1 Å². The van der Waals surface area contributed by atoms with E-state index in [1.54, 1.807) is 0 Å². The molecule has 0 fully saturated rings. The minimum Gasteiger partial charge on any atom is -0.334 e. The van der Waals surface area contributed by atoms with Crippen molar-refractivity contribution in [1.29, 1.82) is 0 Å². The molecular formula is C12H12BrN5O2. The highest BCUT2D eigenvalue weighted by Crippen LogP contribution is 2.29. The minimum atomic E-state index is -0.497. The van der Waals surface area contributed by atoms with Gasteiger partial charge in [0.05, 0.1) is 4.92 Å². The van der Waals surface area contributed by atoms with Crippen LogP contribution >= 0.6 is 15.9 Å². The quantitative estimate of drug-likeness (QED) is 0.449. The van der Waals surface area contributed by atoms with E-state index in [0.717, 1.165) is 15.7 Å². The predicted molar refractivity (Wildman–Crippen MR) is 80.9 cm³/mol. The van der Waals surface area contributed by atoms with Gasteiger partial charge in [0.15, 0.2) is 0 Å². The molecule has 0 unspecified atom stereocenters. The Morgan fingerprint density at radius 2 is 2.10 bits per heavy atom. The fourth-order valence-electron chi connectivity index (χ4n) is 1.63. The van der Waals surface area contributed by atoms with Gasteiger partial charge in [-0.3, -0.25) is 10.1 Å². The van der Waals surface area contributed by atoms with Gasteiger partial charge in [-0.05, 0) is 30.7 Å². The third kappa shape index (κ3) is 3.03. The molecule has 2 aromatic rings. The molecule has 0 aliphatic heterocycles. The Morgan fingerprint density at radius 3 is 2.75 bits per heavy atom. The van der Waals surface area contributed by atoms with Crippen molar-refractivity contribution in [2.24, 2.45) is 5.84 Å². The molecule has 7 nitrogen and oxygen atoms in total. The molecule has 2 rings (SSSR count). The van der Waals surface area contributed by atoms with Gasteiger partial charge in [-0.15, -0.1) is 0 Å². The van der Waals surface area contributed by atoms with Gasteiger partial charge in [-0.2, -0.15) is 0 Å². The average molecular weight is 338 g/mol. The first-order valence-electron chi connectivity index (χ1n) is 5.66. The summed E-state index contributed by atoms with van der Waals surface area (Å²) in [7, 11) is 0. The number of aromatic nitrogens is 1. The van der Waals surface area contributed by atoms with Crippen molar-refractivity contribution in [2.45, 2.75) is 6.92 Å². The van der Waals surface area contributed by atoms with Crippen LogP contribution in [0.1, 0.15) is 5.56 Å². The van der Waals surface area contributed by atoms with E-state index in [2.05, 4.69) is 31.7 Å². The normalized spacial score (nSPS) is 10.2. The Balaban J connectivity index is 2.45. The van der Waals surface area contributed by atoms with Crippen molar-refractivity contribution >= 4 is 38.9 Å². The fourth-order valence-corrected chi connectivity index (χ4v) is 1.99. The van der Waals surface area contributed by atoms with E-state index < -0.39 is 4.92 Å². The molecule has 1 aromatic heterocycles. The number of benzene rings is 1. The number of hydrogen-bond donors (Lipinski definition) is 3. The molecular weight excluding hydrogens is 326 g/mol. The van der Waals surface area contributed by atoms with E-state index in [1.165, 1.54) is 12.1 Å². The van der Waals surface area contributed by atoms with Crippen LogP contribution in [0.3, 0.4) is 0 Å². The van der Waals surface area contributed by atoms with Gasteiger partial charge in [0.1, 0.15) is 5.82 Å². The number of pyridine rings is 1. The maximum Gasteiger partial charge on any atom is 0.311 e. The van der Waals surface area contributed by atoms with Crippen molar-refractivity contribution in [2.75, 3.05) is 10.7 Å². The molecule has 0 spiro atoms. The molecule has 0 bridgehead atoms. The Bertz CT molecular complexity index is 662. The minimum absolute atomic E-state index is 0.122. The van der Waals surface area contributed by atoms with Gasteiger partial charge in [0.2, 0.25) is 5.82 Å². The number of nitrogen functional groups attached to an aromatic ring is 1. The lowest BCUT2D eigenvalue weighted by Crippen LogP contribution is -2.10. The van der Waals surface area contributed by atoms with Crippen LogP contribution in [-0.2, 0) is 0 Å². The smallest absolute Gasteiger partial charge is 0.311 e. The van der Waals surface area contributed by atoms with E-state index in [-0.39, 0.29) is 11.5 Å². The molecule has 0 atom stereocenters. The third-order valence-corrected chi connectivity index (χ3v) is 3.16. The van der Waals surface area contributed by atoms with Crippen molar-refractivity contribution in [3.63, 3.8) is 0 Å². The number of nitrogens with one attached hydrogen (secondary N) is 2. The number of hydrazine groups is 1. The summed E-state index contributed by atoms with van der Waals surface area (Å²) in [4.78, 5) is 14.6. The van der Waals surface area contributed by atoms with Crippen LogP contribution in [0.4, 0.5) is 23.0 Å².